The monoisotopic (exact) mass is 293 g/mol. The normalized spacial score (nSPS) is 10.7. The Kier molecular flexibility index (Phi) is 4.03. The molecule has 0 saturated heterocycles. The van der Waals surface area contributed by atoms with Gasteiger partial charge in [-0.2, -0.15) is 0 Å². The third-order valence-electron chi connectivity index (χ3n) is 2.37. The van der Waals surface area contributed by atoms with Crippen LogP contribution in [-0.2, 0) is 6.42 Å². The van der Waals surface area contributed by atoms with Crippen LogP contribution in [0.2, 0.25) is 0 Å². The van der Waals surface area contributed by atoms with E-state index >= 15 is 0 Å². The second-order valence-electron chi connectivity index (χ2n) is 3.55. The minimum absolute atomic E-state index is 0.769. The van der Waals surface area contributed by atoms with Crippen LogP contribution in [0.25, 0.3) is 0 Å². The van der Waals surface area contributed by atoms with E-state index in [2.05, 4.69) is 28.1 Å². The van der Waals surface area contributed by atoms with E-state index in [4.69, 9.17) is 11.6 Å². The molecule has 81 valence electrons. The summed E-state index contributed by atoms with van der Waals surface area (Å²) < 4.78 is 1.04. The fourth-order valence-corrected chi connectivity index (χ4v) is 2.51. The molecule has 2 rings (SSSR count). The van der Waals surface area contributed by atoms with Crippen molar-refractivity contribution in [3.05, 3.63) is 75.6 Å². The molecule has 0 atom stereocenters. The van der Waals surface area contributed by atoms with Gasteiger partial charge in [-0.25, -0.2) is 0 Å². The van der Waals surface area contributed by atoms with Gasteiger partial charge >= 0.3 is 0 Å². The molecular weight excluding hydrogens is 284 g/mol. The molecule has 0 amide bonds. The van der Waals surface area contributed by atoms with Crippen LogP contribution in [0.5, 0.6) is 0 Å². The Labute approximate surface area is 109 Å². The lowest BCUT2D eigenvalue weighted by molar-refractivity contribution is 1.11. The van der Waals surface area contributed by atoms with Gasteiger partial charge in [0.1, 0.15) is 0 Å². The predicted molar refractivity (Wildman–Crippen MR) is 72.5 cm³/mol. The molecule has 16 heavy (non-hydrogen) atoms. The lowest BCUT2D eigenvalue weighted by atomic mass is 10.0. The van der Waals surface area contributed by atoms with E-state index < -0.39 is 0 Å². The molecule has 0 saturated carbocycles. The maximum Gasteiger partial charge on any atom is 0.0981 e. The molecule has 0 heterocycles. The summed E-state index contributed by atoms with van der Waals surface area (Å²) in [5, 5.41) is 0.860. The van der Waals surface area contributed by atoms with Crippen LogP contribution >= 0.6 is 27.5 Å². The first kappa shape index (κ1) is 11.7. The van der Waals surface area contributed by atoms with Gasteiger partial charge < -0.3 is 0 Å². The zero-order valence-electron chi connectivity index (χ0n) is 8.66. The average molecular weight is 295 g/mol. The van der Waals surface area contributed by atoms with E-state index in [1.54, 1.807) is 0 Å². The second-order valence-corrected chi connectivity index (χ2v) is 4.86. The Bertz CT molecular complexity index is 453. The summed E-state index contributed by atoms with van der Waals surface area (Å²) in [6.07, 6.45) is 0.769. The highest BCUT2D eigenvalue weighted by Crippen LogP contribution is 2.29. The molecule has 0 N–H and O–H groups in total. The first-order valence-electron chi connectivity index (χ1n) is 5.07. The smallest absolute Gasteiger partial charge is 0.0981 e. The topological polar surface area (TPSA) is 0 Å². The van der Waals surface area contributed by atoms with Gasteiger partial charge in [0.15, 0.2) is 0 Å². The average Bonchev–Trinajstić information content (AvgIpc) is 2.31. The van der Waals surface area contributed by atoms with Gasteiger partial charge in [-0.05, 0) is 23.6 Å². The maximum absolute atomic E-state index is 6.33. The van der Waals surface area contributed by atoms with Crippen LogP contribution in [0.15, 0.2) is 59.1 Å². The minimum atomic E-state index is 0.769. The summed E-state index contributed by atoms with van der Waals surface area (Å²) in [4.78, 5) is 0. The SMILES string of the molecule is Cl[C](Cc1ccccc1)c1ccccc1Br. The molecular formula is C14H11BrCl. The molecule has 2 aromatic rings. The molecule has 2 heteroatoms. The molecule has 0 aromatic heterocycles. The number of rotatable bonds is 3. The van der Waals surface area contributed by atoms with Gasteiger partial charge in [-0.3, -0.25) is 0 Å². The van der Waals surface area contributed by atoms with Gasteiger partial charge in [-0.1, -0.05) is 64.5 Å². The minimum Gasteiger partial charge on any atom is -0.111 e. The fraction of sp³-hybridized carbons (Fsp3) is 0.0714. The van der Waals surface area contributed by atoms with Crippen molar-refractivity contribution in [2.24, 2.45) is 0 Å². The summed E-state index contributed by atoms with van der Waals surface area (Å²) in [5.74, 6) is 0. The standard InChI is InChI=1S/C14H11BrCl/c15-13-9-5-4-8-12(13)14(16)10-11-6-2-1-3-7-11/h1-9H,10H2. The van der Waals surface area contributed by atoms with Gasteiger partial charge in [-0.15, -0.1) is 11.6 Å². The Hall–Kier alpha value is -0.790. The first-order valence-corrected chi connectivity index (χ1v) is 6.24. The van der Waals surface area contributed by atoms with Crippen LogP contribution in [0.3, 0.4) is 0 Å². The third-order valence-corrected chi connectivity index (χ3v) is 3.40. The highest BCUT2D eigenvalue weighted by atomic mass is 79.9. The Morgan fingerprint density at radius 2 is 1.56 bits per heavy atom. The molecule has 2 aromatic carbocycles. The number of hydrogen-bond acceptors (Lipinski definition) is 0. The first-order chi connectivity index (χ1) is 7.77. The summed E-state index contributed by atoms with van der Waals surface area (Å²) in [6.45, 7) is 0. The molecule has 1 radical (unpaired) electrons. The fourth-order valence-electron chi connectivity index (χ4n) is 1.55. The van der Waals surface area contributed by atoms with E-state index in [0.717, 1.165) is 21.8 Å². The van der Waals surface area contributed by atoms with E-state index in [9.17, 15) is 0 Å². The molecule has 0 fully saturated rings. The highest BCUT2D eigenvalue weighted by molar-refractivity contribution is 9.10. The van der Waals surface area contributed by atoms with Crippen molar-refractivity contribution in [1.82, 2.24) is 0 Å². The lowest BCUT2D eigenvalue weighted by Crippen LogP contribution is -1.97. The Balaban J connectivity index is 2.15. The van der Waals surface area contributed by atoms with Crippen molar-refractivity contribution >= 4 is 27.5 Å². The zero-order valence-corrected chi connectivity index (χ0v) is 11.0. The van der Waals surface area contributed by atoms with Gasteiger partial charge in [0.2, 0.25) is 0 Å². The highest BCUT2D eigenvalue weighted by Gasteiger charge is 2.12. The molecule has 0 unspecified atom stereocenters. The summed E-state index contributed by atoms with van der Waals surface area (Å²) in [7, 11) is 0. The van der Waals surface area contributed by atoms with Crippen LogP contribution in [0.4, 0.5) is 0 Å². The summed E-state index contributed by atoms with van der Waals surface area (Å²) in [6, 6.07) is 18.2. The summed E-state index contributed by atoms with van der Waals surface area (Å²) >= 11 is 9.84. The molecule has 0 aliphatic rings. The molecule has 0 nitrogen and oxygen atoms in total. The van der Waals surface area contributed by atoms with Gasteiger partial charge in [0.25, 0.3) is 0 Å². The van der Waals surface area contributed by atoms with Crippen LogP contribution in [0, 0.1) is 5.38 Å². The van der Waals surface area contributed by atoms with Crippen molar-refractivity contribution in [3.63, 3.8) is 0 Å². The second kappa shape index (κ2) is 5.51. The summed E-state index contributed by atoms with van der Waals surface area (Å²) in [5.41, 5.74) is 2.29. The lowest BCUT2D eigenvalue weighted by Gasteiger charge is -2.10. The van der Waals surface area contributed by atoms with Crippen molar-refractivity contribution < 1.29 is 0 Å². The molecule has 0 aliphatic carbocycles. The Morgan fingerprint density at radius 3 is 2.25 bits per heavy atom. The predicted octanol–water partition coefficient (Wildman–Crippen LogP) is 4.81. The quantitative estimate of drug-likeness (QED) is 0.762. The van der Waals surface area contributed by atoms with Crippen molar-refractivity contribution in [2.75, 3.05) is 0 Å². The van der Waals surface area contributed by atoms with E-state index in [1.165, 1.54) is 5.56 Å². The zero-order chi connectivity index (χ0) is 11.4. The largest absolute Gasteiger partial charge is 0.111 e. The maximum atomic E-state index is 6.33. The van der Waals surface area contributed by atoms with Gasteiger partial charge in [0.05, 0.1) is 5.38 Å². The molecule has 0 aliphatic heterocycles. The van der Waals surface area contributed by atoms with E-state index in [-0.39, 0.29) is 0 Å². The number of benzene rings is 2. The van der Waals surface area contributed by atoms with Crippen molar-refractivity contribution in [1.29, 1.82) is 0 Å². The van der Waals surface area contributed by atoms with E-state index in [1.807, 2.05) is 42.5 Å². The van der Waals surface area contributed by atoms with Gasteiger partial charge in [0, 0.05) is 4.47 Å². The number of hydrogen-bond donors (Lipinski definition) is 0. The Morgan fingerprint density at radius 1 is 0.938 bits per heavy atom. The molecule has 0 bridgehead atoms. The van der Waals surface area contributed by atoms with E-state index in [0.29, 0.717) is 0 Å². The van der Waals surface area contributed by atoms with Crippen molar-refractivity contribution in [2.45, 2.75) is 6.42 Å². The van der Waals surface area contributed by atoms with Crippen LogP contribution < -0.4 is 0 Å². The van der Waals surface area contributed by atoms with Crippen molar-refractivity contribution in [3.8, 4) is 0 Å². The van der Waals surface area contributed by atoms with Crippen LogP contribution in [0.1, 0.15) is 11.1 Å². The van der Waals surface area contributed by atoms with Crippen LogP contribution in [-0.4, -0.2) is 0 Å². The number of halogens is 2. The molecule has 0 spiro atoms. The third kappa shape index (κ3) is 2.87.